The van der Waals surface area contributed by atoms with Crippen LogP contribution in [0.3, 0.4) is 0 Å². The summed E-state index contributed by atoms with van der Waals surface area (Å²) in [5, 5.41) is 0. The molecular formula is C12H17N3O2S. The van der Waals surface area contributed by atoms with Crippen LogP contribution in [0.5, 0.6) is 0 Å². The van der Waals surface area contributed by atoms with Crippen LogP contribution in [0.1, 0.15) is 15.9 Å². The van der Waals surface area contributed by atoms with Gasteiger partial charge in [0.15, 0.2) is 0 Å². The largest absolute Gasteiger partial charge is 0.337 e. The van der Waals surface area contributed by atoms with Crippen LogP contribution in [0.4, 0.5) is 5.69 Å². The van der Waals surface area contributed by atoms with Gasteiger partial charge in [0, 0.05) is 35.4 Å². The molecule has 0 unspecified atom stereocenters. The highest BCUT2D eigenvalue weighted by atomic mass is 32.2. The number of hydrogen-bond donors (Lipinski definition) is 2. The highest BCUT2D eigenvalue weighted by Gasteiger charge is 2.23. The SMILES string of the molecule is Cc1ccc(NN)c(C(=O)N2CCS(=O)CC2)c1. The lowest BCUT2D eigenvalue weighted by atomic mass is 10.1. The van der Waals surface area contributed by atoms with Crippen LogP contribution in [-0.4, -0.2) is 39.6 Å². The highest BCUT2D eigenvalue weighted by molar-refractivity contribution is 7.85. The Labute approximate surface area is 109 Å². The van der Waals surface area contributed by atoms with Gasteiger partial charge in [0.05, 0.1) is 11.3 Å². The molecule has 18 heavy (non-hydrogen) atoms. The van der Waals surface area contributed by atoms with Gasteiger partial charge in [0.25, 0.3) is 5.91 Å². The van der Waals surface area contributed by atoms with Crippen LogP contribution in [-0.2, 0) is 10.8 Å². The first-order valence-electron chi connectivity index (χ1n) is 5.83. The number of benzene rings is 1. The molecule has 1 heterocycles. The molecular weight excluding hydrogens is 250 g/mol. The van der Waals surface area contributed by atoms with E-state index in [1.54, 1.807) is 11.0 Å². The Bertz CT molecular complexity index is 480. The van der Waals surface area contributed by atoms with Crippen LogP contribution in [0.2, 0.25) is 0 Å². The summed E-state index contributed by atoms with van der Waals surface area (Å²) in [6.45, 7) is 3.02. The number of aryl methyl sites for hydroxylation is 1. The van der Waals surface area contributed by atoms with Crippen molar-refractivity contribution in [3.63, 3.8) is 0 Å². The van der Waals surface area contributed by atoms with Crippen molar-refractivity contribution in [2.24, 2.45) is 5.84 Å². The Morgan fingerprint density at radius 2 is 2.06 bits per heavy atom. The molecule has 0 atom stereocenters. The van der Waals surface area contributed by atoms with Gasteiger partial charge >= 0.3 is 0 Å². The van der Waals surface area contributed by atoms with E-state index in [9.17, 15) is 9.00 Å². The maximum Gasteiger partial charge on any atom is 0.256 e. The van der Waals surface area contributed by atoms with E-state index < -0.39 is 10.8 Å². The number of nitrogens with one attached hydrogen (secondary N) is 1. The van der Waals surface area contributed by atoms with E-state index in [0.29, 0.717) is 35.8 Å². The normalized spacial score (nSPS) is 16.7. The number of carbonyl (C=O) groups is 1. The minimum Gasteiger partial charge on any atom is -0.337 e. The van der Waals surface area contributed by atoms with Crippen LogP contribution in [0, 0.1) is 6.92 Å². The Morgan fingerprint density at radius 1 is 1.39 bits per heavy atom. The lowest BCUT2D eigenvalue weighted by molar-refractivity contribution is 0.0772. The molecule has 0 aliphatic carbocycles. The quantitative estimate of drug-likeness (QED) is 0.604. The Morgan fingerprint density at radius 3 is 2.67 bits per heavy atom. The first-order chi connectivity index (χ1) is 8.61. The average molecular weight is 267 g/mol. The van der Waals surface area contributed by atoms with Crippen LogP contribution in [0.25, 0.3) is 0 Å². The fraction of sp³-hybridized carbons (Fsp3) is 0.417. The second kappa shape index (κ2) is 5.49. The Balaban J connectivity index is 2.22. The predicted octanol–water partition coefficient (Wildman–Crippen LogP) is 0.485. The summed E-state index contributed by atoms with van der Waals surface area (Å²) in [6, 6.07) is 5.52. The van der Waals surface area contributed by atoms with Gasteiger partial charge in [-0.1, -0.05) is 11.6 Å². The second-order valence-corrected chi connectivity index (χ2v) is 6.03. The third-order valence-electron chi connectivity index (χ3n) is 3.03. The molecule has 0 bridgehead atoms. The molecule has 0 spiro atoms. The first kappa shape index (κ1) is 13.0. The smallest absolute Gasteiger partial charge is 0.256 e. The van der Waals surface area contributed by atoms with Crippen molar-refractivity contribution in [3.8, 4) is 0 Å². The molecule has 3 N–H and O–H groups in total. The molecule has 1 aliphatic heterocycles. The number of nitrogens with zero attached hydrogens (tertiary/aromatic N) is 1. The van der Waals surface area contributed by atoms with Crippen molar-refractivity contribution < 1.29 is 9.00 Å². The number of rotatable bonds is 2. The van der Waals surface area contributed by atoms with Crippen LogP contribution in [0.15, 0.2) is 18.2 Å². The molecule has 1 saturated heterocycles. The fourth-order valence-corrected chi connectivity index (χ4v) is 3.02. The molecule has 1 aliphatic rings. The fourth-order valence-electron chi connectivity index (χ4n) is 1.97. The third kappa shape index (κ3) is 2.70. The van der Waals surface area contributed by atoms with E-state index in [2.05, 4.69) is 5.43 Å². The van der Waals surface area contributed by atoms with Gasteiger partial charge in [-0.2, -0.15) is 0 Å². The molecule has 0 aromatic heterocycles. The number of hydrazine groups is 1. The molecule has 6 heteroatoms. The summed E-state index contributed by atoms with van der Waals surface area (Å²) in [4.78, 5) is 14.1. The molecule has 5 nitrogen and oxygen atoms in total. The van der Waals surface area contributed by atoms with E-state index in [-0.39, 0.29) is 5.91 Å². The van der Waals surface area contributed by atoms with Gasteiger partial charge in [-0.25, -0.2) is 0 Å². The lowest BCUT2D eigenvalue weighted by Gasteiger charge is -2.27. The predicted molar refractivity (Wildman–Crippen MR) is 72.8 cm³/mol. The molecule has 1 aromatic rings. The van der Waals surface area contributed by atoms with Crippen molar-refractivity contribution in [2.45, 2.75) is 6.92 Å². The second-order valence-electron chi connectivity index (χ2n) is 4.33. The van der Waals surface area contributed by atoms with Gasteiger partial charge in [-0.15, -0.1) is 0 Å². The van der Waals surface area contributed by atoms with Gasteiger partial charge in [0.2, 0.25) is 0 Å². The molecule has 0 radical (unpaired) electrons. The molecule has 1 fully saturated rings. The van der Waals surface area contributed by atoms with Gasteiger partial charge in [-0.05, 0) is 19.1 Å². The van der Waals surface area contributed by atoms with Crippen molar-refractivity contribution in [2.75, 3.05) is 30.0 Å². The number of hydrogen-bond acceptors (Lipinski definition) is 4. The maximum atomic E-state index is 12.4. The zero-order valence-corrected chi connectivity index (χ0v) is 11.1. The minimum atomic E-state index is -0.780. The van der Waals surface area contributed by atoms with Gasteiger partial charge < -0.3 is 10.3 Å². The number of nitrogen functional groups attached to an aromatic ring is 1. The van der Waals surface area contributed by atoms with E-state index in [1.165, 1.54) is 0 Å². The Hall–Kier alpha value is -1.40. The summed E-state index contributed by atoms with van der Waals surface area (Å²) in [5.41, 5.74) is 4.75. The molecule has 2 rings (SSSR count). The van der Waals surface area contributed by atoms with Gasteiger partial charge in [-0.3, -0.25) is 14.8 Å². The number of nitrogens with two attached hydrogens (primary N) is 1. The summed E-state index contributed by atoms with van der Waals surface area (Å²) in [7, 11) is -0.780. The van der Waals surface area contributed by atoms with Crippen molar-refractivity contribution in [3.05, 3.63) is 29.3 Å². The monoisotopic (exact) mass is 267 g/mol. The van der Waals surface area contributed by atoms with Crippen molar-refractivity contribution in [1.29, 1.82) is 0 Å². The summed E-state index contributed by atoms with van der Waals surface area (Å²) in [5.74, 6) is 6.49. The zero-order chi connectivity index (χ0) is 13.1. The summed E-state index contributed by atoms with van der Waals surface area (Å²) < 4.78 is 11.3. The van der Waals surface area contributed by atoms with E-state index >= 15 is 0 Å². The Kier molecular flexibility index (Phi) is 3.98. The third-order valence-corrected chi connectivity index (χ3v) is 4.30. The lowest BCUT2D eigenvalue weighted by Crippen LogP contribution is -2.42. The maximum absolute atomic E-state index is 12.4. The number of carbonyl (C=O) groups excluding carboxylic acids is 1. The van der Waals surface area contributed by atoms with Crippen molar-refractivity contribution in [1.82, 2.24) is 4.90 Å². The molecule has 1 aromatic carbocycles. The average Bonchev–Trinajstić information content (AvgIpc) is 2.39. The first-order valence-corrected chi connectivity index (χ1v) is 7.32. The minimum absolute atomic E-state index is 0.0525. The summed E-state index contributed by atoms with van der Waals surface area (Å²) >= 11 is 0. The number of amides is 1. The zero-order valence-electron chi connectivity index (χ0n) is 10.3. The topological polar surface area (TPSA) is 75.4 Å². The van der Waals surface area contributed by atoms with Crippen LogP contribution >= 0.6 is 0 Å². The van der Waals surface area contributed by atoms with E-state index in [0.717, 1.165) is 5.56 Å². The van der Waals surface area contributed by atoms with E-state index in [4.69, 9.17) is 5.84 Å². The highest BCUT2D eigenvalue weighted by Crippen LogP contribution is 2.19. The molecule has 98 valence electrons. The van der Waals surface area contributed by atoms with Crippen LogP contribution < -0.4 is 11.3 Å². The van der Waals surface area contributed by atoms with Gasteiger partial charge in [0.1, 0.15) is 0 Å². The number of anilines is 1. The molecule has 0 saturated carbocycles. The summed E-state index contributed by atoms with van der Waals surface area (Å²) in [6.07, 6.45) is 0. The van der Waals surface area contributed by atoms with E-state index in [1.807, 2.05) is 19.1 Å². The van der Waals surface area contributed by atoms with Crippen molar-refractivity contribution >= 4 is 22.4 Å². The standard InChI is InChI=1S/C12H17N3O2S/c1-9-2-3-11(14-13)10(8-9)12(16)15-4-6-18(17)7-5-15/h2-3,8,14H,4-7,13H2,1H3. The molecule has 1 amide bonds.